The van der Waals surface area contributed by atoms with Gasteiger partial charge in [-0.05, 0) is 29.8 Å². The first kappa shape index (κ1) is 25.3. The van der Waals surface area contributed by atoms with Crippen LogP contribution in [-0.2, 0) is 35.8 Å². The van der Waals surface area contributed by atoms with E-state index in [0.29, 0.717) is 17.2 Å². The van der Waals surface area contributed by atoms with Crippen LogP contribution < -0.4 is 0 Å². The van der Waals surface area contributed by atoms with Crippen LogP contribution in [0, 0.1) is 0 Å². The van der Waals surface area contributed by atoms with Crippen molar-refractivity contribution in [2.45, 2.75) is 52.1 Å². The summed E-state index contributed by atoms with van der Waals surface area (Å²) in [5.41, 5.74) is 1.59. The average Bonchev–Trinajstić information content (AvgIpc) is 2.61. The van der Waals surface area contributed by atoms with E-state index >= 15 is 0 Å². The van der Waals surface area contributed by atoms with E-state index < -0.39 is 16.1 Å². The molecule has 0 spiro atoms. The first-order chi connectivity index (χ1) is 13.0. The van der Waals surface area contributed by atoms with Gasteiger partial charge in [0.2, 0.25) is 0 Å². The lowest BCUT2D eigenvalue weighted by atomic mass is 10.1. The molecule has 0 saturated heterocycles. The van der Waals surface area contributed by atoms with Crippen LogP contribution in [0.1, 0.15) is 31.9 Å². The summed E-state index contributed by atoms with van der Waals surface area (Å²) in [5.74, 6) is 0. The lowest BCUT2D eigenvalue weighted by molar-refractivity contribution is 0.124. The lowest BCUT2D eigenvalue weighted by Crippen LogP contribution is -2.40. The van der Waals surface area contributed by atoms with Gasteiger partial charge in [0.1, 0.15) is 0 Å². The van der Waals surface area contributed by atoms with E-state index in [0.717, 1.165) is 5.56 Å². The Kier molecular flexibility index (Phi) is 9.84. The number of halogens is 1. The Hall–Kier alpha value is -0.723. The molecule has 0 aliphatic heterocycles. The maximum atomic E-state index is 12.7. The predicted octanol–water partition coefficient (Wildman–Crippen LogP) is 6.89. The second-order valence-corrected chi connectivity index (χ2v) is 14.7. The Morgan fingerprint density at radius 1 is 1.07 bits per heavy atom. The summed E-state index contributed by atoms with van der Waals surface area (Å²) < 4.78 is 35.0. The molecule has 0 radical (unpaired) electrons. The summed E-state index contributed by atoms with van der Waals surface area (Å²) in [6.45, 7) is 18.5. The summed E-state index contributed by atoms with van der Waals surface area (Å²) in [6, 6.07) is 5.55. The minimum Gasteiger partial charge on any atom is -0.413 e. The second kappa shape index (κ2) is 10.9. The molecule has 5 nitrogen and oxygen atoms in total. The molecule has 0 bridgehead atoms. The first-order valence-corrected chi connectivity index (χ1v) is 13.9. The van der Waals surface area contributed by atoms with E-state index in [1.165, 1.54) is 12.2 Å². The highest BCUT2D eigenvalue weighted by Crippen LogP contribution is 2.50. The number of rotatable bonds is 12. The van der Waals surface area contributed by atoms with Gasteiger partial charge in [0.25, 0.3) is 0 Å². The number of phosphoric acid groups is 1. The van der Waals surface area contributed by atoms with Crippen molar-refractivity contribution in [2.75, 3.05) is 13.2 Å². The molecule has 1 aromatic carbocycles. The van der Waals surface area contributed by atoms with E-state index in [1.54, 1.807) is 6.07 Å². The van der Waals surface area contributed by atoms with Crippen LogP contribution in [0.25, 0.3) is 0 Å². The molecule has 0 unspecified atom stereocenters. The topological polar surface area (TPSA) is 54.0 Å². The predicted molar refractivity (Wildman–Crippen MR) is 118 cm³/mol. The fourth-order valence-electron chi connectivity index (χ4n) is 1.92. The molecule has 0 saturated carbocycles. The molecule has 1 aromatic rings. The third kappa shape index (κ3) is 7.60. The van der Waals surface area contributed by atoms with Crippen LogP contribution in [0.3, 0.4) is 0 Å². The fraction of sp³-hybridized carbons (Fsp3) is 0.500. The highest BCUT2D eigenvalue weighted by atomic mass is 35.5. The van der Waals surface area contributed by atoms with Gasteiger partial charge >= 0.3 is 7.82 Å². The molecule has 8 heteroatoms. The highest BCUT2D eigenvalue weighted by Gasteiger charge is 2.37. The summed E-state index contributed by atoms with van der Waals surface area (Å²) in [4.78, 5) is 0. The summed E-state index contributed by atoms with van der Waals surface area (Å²) in [6.07, 6.45) is 2.95. The molecular weight excluding hydrogens is 415 g/mol. The van der Waals surface area contributed by atoms with Crippen molar-refractivity contribution in [3.05, 3.63) is 59.7 Å². The van der Waals surface area contributed by atoms with Gasteiger partial charge in [0.05, 0.1) is 26.4 Å². The van der Waals surface area contributed by atoms with Crippen LogP contribution in [0.2, 0.25) is 23.2 Å². The molecule has 0 fully saturated rings. The molecule has 0 aliphatic carbocycles. The Labute approximate surface area is 175 Å². The zero-order valence-electron chi connectivity index (χ0n) is 17.5. The van der Waals surface area contributed by atoms with Crippen molar-refractivity contribution < 1.29 is 22.6 Å². The molecule has 0 heterocycles. The van der Waals surface area contributed by atoms with Gasteiger partial charge in [0.15, 0.2) is 8.32 Å². The Morgan fingerprint density at radius 3 is 2.14 bits per heavy atom. The van der Waals surface area contributed by atoms with Crippen molar-refractivity contribution in [1.29, 1.82) is 0 Å². The van der Waals surface area contributed by atoms with E-state index in [1.807, 2.05) is 12.1 Å². The zero-order valence-corrected chi connectivity index (χ0v) is 20.1. The van der Waals surface area contributed by atoms with E-state index in [4.69, 9.17) is 29.6 Å². The largest absolute Gasteiger partial charge is 0.475 e. The van der Waals surface area contributed by atoms with Gasteiger partial charge in [-0.25, -0.2) is 4.57 Å². The standard InChI is InChI=1S/C20H32ClO5PSi/c1-8-13-23-27(22,24-14-9-2)25-16-18-17(11-10-12-19(18)21)15-26-28(6,7)20(3,4)5/h8-12H,1-2,13-16H2,3-7H3. The van der Waals surface area contributed by atoms with Crippen LogP contribution in [0.4, 0.5) is 0 Å². The van der Waals surface area contributed by atoms with Crippen LogP contribution in [-0.4, -0.2) is 21.5 Å². The van der Waals surface area contributed by atoms with Gasteiger partial charge in [-0.15, -0.1) is 13.2 Å². The SMILES string of the molecule is C=CCOP(=O)(OCC=C)OCc1c(Cl)cccc1CO[Si](C)(C)C(C)(C)C. The number of benzene rings is 1. The quantitative estimate of drug-likeness (QED) is 0.199. The molecule has 0 aromatic heterocycles. The van der Waals surface area contributed by atoms with Gasteiger partial charge in [-0.3, -0.25) is 13.6 Å². The first-order valence-electron chi connectivity index (χ1n) is 9.11. The second-order valence-electron chi connectivity index (χ2n) is 7.82. The normalized spacial score (nSPS) is 12.8. The van der Waals surface area contributed by atoms with Gasteiger partial charge in [-0.2, -0.15) is 0 Å². The zero-order chi connectivity index (χ0) is 21.4. The van der Waals surface area contributed by atoms with E-state index in [2.05, 4.69) is 47.0 Å². The number of hydrogen-bond donors (Lipinski definition) is 0. The summed E-state index contributed by atoms with van der Waals surface area (Å²) in [5, 5.41) is 0.602. The molecular formula is C20H32ClO5PSi. The Bertz CT molecular complexity index is 699. The minimum atomic E-state index is -3.77. The van der Waals surface area contributed by atoms with E-state index in [-0.39, 0.29) is 24.9 Å². The summed E-state index contributed by atoms with van der Waals surface area (Å²) >= 11 is 6.38. The molecule has 0 amide bonds. The lowest BCUT2D eigenvalue weighted by Gasteiger charge is -2.36. The Morgan fingerprint density at radius 2 is 1.64 bits per heavy atom. The molecule has 0 N–H and O–H groups in total. The van der Waals surface area contributed by atoms with Gasteiger partial charge in [0, 0.05) is 10.6 Å². The smallest absolute Gasteiger partial charge is 0.413 e. The number of phosphoric ester groups is 1. The van der Waals surface area contributed by atoms with Crippen molar-refractivity contribution in [1.82, 2.24) is 0 Å². The average molecular weight is 447 g/mol. The third-order valence-corrected chi connectivity index (χ3v) is 10.9. The van der Waals surface area contributed by atoms with Crippen LogP contribution >= 0.6 is 19.4 Å². The van der Waals surface area contributed by atoms with Crippen LogP contribution in [0.15, 0.2) is 43.5 Å². The van der Waals surface area contributed by atoms with Crippen molar-refractivity contribution in [3.8, 4) is 0 Å². The van der Waals surface area contributed by atoms with Gasteiger partial charge in [-0.1, -0.05) is 56.7 Å². The van der Waals surface area contributed by atoms with Crippen molar-refractivity contribution in [3.63, 3.8) is 0 Å². The monoisotopic (exact) mass is 446 g/mol. The highest BCUT2D eigenvalue weighted by molar-refractivity contribution is 7.48. The number of hydrogen-bond acceptors (Lipinski definition) is 5. The fourth-order valence-corrected chi connectivity index (χ4v) is 4.20. The third-order valence-electron chi connectivity index (χ3n) is 4.68. The molecule has 158 valence electrons. The van der Waals surface area contributed by atoms with Crippen LogP contribution in [0.5, 0.6) is 0 Å². The van der Waals surface area contributed by atoms with Crippen molar-refractivity contribution in [2.24, 2.45) is 0 Å². The molecule has 0 atom stereocenters. The maximum absolute atomic E-state index is 12.7. The molecule has 28 heavy (non-hydrogen) atoms. The molecule has 1 rings (SSSR count). The Balaban J connectivity index is 2.97. The summed E-state index contributed by atoms with van der Waals surface area (Å²) in [7, 11) is -5.70. The van der Waals surface area contributed by atoms with Crippen molar-refractivity contribution >= 4 is 27.7 Å². The maximum Gasteiger partial charge on any atom is 0.475 e. The van der Waals surface area contributed by atoms with E-state index in [9.17, 15) is 4.57 Å². The minimum absolute atomic E-state index is 0.0264. The van der Waals surface area contributed by atoms with Gasteiger partial charge < -0.3 is 4.43 Å². The molecule has 0 aliphatic rings.